The lowest BCUT2D eigenvalue weighted by Gasteiger charge is -2.12. The Hall–Kier alpha value is -2.67. The molecule has 20 heavy (non-hydrogen) atoms. The average molecular weight is 273 g/mol. The van der Waals surface area contributed by atoms with Gasteiger partial charge in [-0.2, -0.15) is 0 Å². The number of non-ortho nitro benzene ring substituents is 1. The first kappa shape index (κ1) is 12.4. The van der Waals surface area contributed by atoms with Crippen LogP contribution >= 0.6 is 0 Å². The molecule has 0 radical (unpaired) electrons. The molecule has 7 heteroatoms. The largest absolute Gasteiger partial charge is 0.463 e. The highest BCUT2D eigenvalue weighted by Gasteiger charge is 2.26. The molecule has 0 spiro atoms. The lowest BCUT2D eigenvalue weighted by Crippen LogP contribution is -2.11. The van der Waals surface area contributed by atoms with Crippen molar-refractivity contribution in [3.63, 3.8) is 0 Å². The topological polar surface area (TPSA) is 97.5 Å². The van der Waals surface area contributed by atoms with Crippen molar-refractivity contribution in [2.45, 2.75) is 12.8 Å². The van der Waals surface area contributed by atoms with Crippen LogP contribution in [0.2, 0.25) is 0 Å². The van der Waals surface area contributed by atoms with E-state index in [9.17, 15) is 15.2 Å². The zero-order chi connectivity index (χ0) is 14.1. The van der Waals surface area contributed by atoms with Crippen LogP contribution in [0.15, 0.2) is 36.5 Å². The van der Waals surface area contributed by atoms with Gasteiger partial charge in [0.25, 0.3) is 5.69 Å². The molecule has 0 fully saturated rings. The van der Waals surface area contributed by atoms with Gasteiger partial charge in [-0.15, -0.1) is 0 Å². The number of aliphatic hydroxyl groups excluding tert-OH is 1. The van der Waals surface area contributed by atoms with E-state index in [1.807, 2.05) is 0 Å². The third kappa shape index (κ3) is 2.14. The third-order valence-corrected chi connectivity index (χ3v) is 2.98. The van der Waals surface area contributed by atoms with Crippen LogP contribution in [0, 0.1) is 10.1 Å². The van der Waals surface area contributed by atoms with Crippen LogP contribution in [0.5, 0.6) is 5.75 Å². The van der Waals surface area contributed by atoms with Crippen LogP contribution in [0.4, 0.5) is 11.5 Å². The summed E-state index contributed by atoms with van der Waals surface area (Å²) in [6.45, 7) is -0.271. The van der Waals surface area contributed by atoms with Crippen LogP contribution in [0.25, 0.3) is 0 Å². The van der Waals surface area contributed by atoms with E-state index in [1.54, 1.807) is 24.4 Å². The van der Waals surface area contributed by atoms with Gasteiger partial charge < -0.3 is 15.2 Å². The molecule has 102 valence electrons. The number of nitro groups is 1. The van der Waals surface area contributed by atoms with Crippen molar-refractivity contribution < 1.29 is 14.8 Å². The SMILES string of the molecule is O=[N+]([O-])c1cc(CO)cc(C2Nc3ncccc3O2)c1. The lowest BCUT2D eigenvalue weighted by atomic mass is 10.1. The maximum atomic E-state index is 10.9. The number of ether oxygens (including phenoxy) is 1. The molecule has 3 rings (SSSR count). The molecule has 1 aromatic heterocycles. The van der Waals surface area contributed by atoms with Gasteiger partial charge in [-0.3, -0.25) is 10.1 Å². The second-order valence-corrected chi connectivity index (χ2v) is 4.34. The summed E-state index contributed by atoms with van der Waals surface area (Å²) in [5.41, 5.74) is 0.950. The standard InChI is InChI=1S/C13H11N3O4/c17-7-8-4-9(6-10(5-8)16(18)19)13-15-12-11(20-13)2-1-3-14-12/h1-6,13,17H,7H2,(H,14,15). The van der Waals surface area contributed by atoms with E-state index in [0.29, 0.717) is 22.7 Å². The minimum Gasteiger partial charge on any atom is -0.463 e. The molecule has 2 heterocycles. The second kappa shape index (κ2) is 4.78. The fourth-order valence-electron chi connectivity index (χ4n) is 2.07. The van der Waals surface area contributed by atoms with Crippen molar-refractivity contribution in [3.8, 4) is 5.75 Å². The van der Waals surface area contributed by atoms with E-state index < -0.39 is 11.2 Å². The highest BCUT2D eigenvalue weighted by Crippen LogP contribution is 2.36. The molecule has 7 nitrogen and oxygen atoms in total. The number of anilines is 1. The average Bonchev–Trinajstić information content (AvgIpc) is 2.90. The van der Waals surface area contributed by atoms with Crippen molar-refractivity contribution in [1.82, 2.24) is 4.98 Å². The first-order chi connectivity index (χ1) is 9.67. The van der Waals surface area contributed by atoms with Gasteiger partial charge in [-0.1, -0.05) is 0 Å². The summed E-state index contributed by atoms with van der Waals surface area (Å²) >= 11 is 0. The summed E-state index contributed by atoms with van der Waals surface area (Å²) < 4.78 is 5.65. The van der Waals surface area contributed by atoms with E-state index in [0.717, 1.165) is 0 Å². The molecule has 2 N–H and O–H groups in total. The zero-order valence-corrected chi connectivity index (χ0v) is 10.3. The van der Waals surface area contributed by atoms with E-state index in [4.69, 9.17) is 4.74 Å². The van der Waals surface area contributed by atoms with E-state index >= 15 is 0 Å². The molecule has 0 amide bonds. The van der Waals surface area contributed by atoms with Crippen LogP contribution in [-0.2, 0) is 6.61 Å². The Morgan fingerprint density at radius 1 is 1.45 bits per heavy atom. The molecule has 1 unspecified atom stereocenters. The first-order valence-corrected chi connectivity index (χ1v) is 5.94. The summed E-state index contributed by atoms with van der Waals surface area (Å²) in [4.78, 5) is 14.5. The number of aliphatic hydroxyl groups is 1. The summed E-state index contributed by atoms with van der Waals surface area (Å²) in [5, 5.41) is 23.1. The Bertz CT molecular complexity index is 649. The predicted octanol–water partition coefficient (Wildman–Crippen LogP) is 1.99. The molecule has 1 aromatic carbocycles. The number of hydrogen-bond donors (Lipinski definition) is 2. The summed E-state index contributed by atoms with van der Waals surface area (Å²) in [6, 6.07) is 7.93. The van der Waals surface area contributed by atoms with Crippen molar-refractivity contribution in [2.75, 3.05) is 5.32 Å². The molecule has 0 aliphatic carbocycles. The Balaban J connectivity index is 1.96. The quantitative estimate of drug-likeness (QED) is 0.655. The van der Waals surface area contributed by atoms with Gasteiger partial charge in [0.15, 0.2) is 17.8 Å². The van der Waals surface area contributed by atoms with Crippen molar-refractivity contribution in [2.24, 2.45) is 0 Å². The number of hydrogen-bond acceptors (Lipinski definition) is 6. The number of benzene rings is 1. The van der Waals surface area contributed by atoms with Crippen LogP contribution in [-0.4, -0.2) is 15.0 Å². The Morgan fingerprint density at radius 3 is 3.00 bits per heavy atom. The number of nitro benzene ring substituents is 1. The van der Waals surface area contributed by atoms with Gasteiger partial charge in [-0.05, 0) is 23.8 Å². The predicted molar refractivity (Wildman–Crippen MR) is 70.2 cm³/mol. The van der Waals surface area contributed by atoms with Crippen molar-refractivity contribution >= 4 is 11.5 Å². The van der Waals surface area contributed by atoms with E-state index in [2.05, 4.69) is 10.3 Å². The molecule has 1 aliphatic rings. The number of pyridine rings is 1. The molecule has 0 bridgehead atoms. The molecule has 2 aromatic rings. The minimum absolute atomic E-state index is 0.0825. The lowest BCUT2D eigenvalue weighted by molar-refractivity contribution is -0.385. The van der Waals surface area contributed by atoms with Gasteiger partial charge in [0.2, 0.25) is 0 Å². The van der Waals surface area contributed by atoms with E-state index in [1.165, 1.54) is 12.1 Å². The molecule has 0 saturated heterocycles. The fourth-order valence-corrected chi connectivity index (χ4v) is 2.07. The van der Waals surface area contributed by atoms with Crippen LogP contribution < -0.4 is 10.1 Å². The maximum absolute atomic E-state index is 10.9. The van der Waals surface area contributed by atoms with Crippen molar-refractivity contribution in [1.29, 1.82) is 0 Å². The number of fused-ring (bicyclic) bond motifs is 1. The maximum Gasteiger partial charge on any atom is 0.270 e. The van der Waals surface area contributed by atoms with Gasteiger partial charge in [0, 0.05) is 23.9 Å². The summed E-state index contributed by atoms with van der Waals surface area (Å²) in [7, 11) is 0. The van der Waals surface area contributed by atoms with Crippen LogP contribution in [0.1, 0.15) is 17.4 Å². The highest BCUT2D eigenvalue weighted by atomic mass is 16.6. The number of nitrogens with one attached hydrogen (secondary N) is 1. The zero-order valence-electron chi connectivity index (χ0n) is 10.3. The van der Waals surface area contributed by atoms with Gasteiger partial charge in [0.05, 0.1) is 11.5 Å². The number of rotatable bonds is 3. The van der Waals surface area contributed by atoms with Gasteiger partial charge in [-0.25, -0.2) is 4.98 Å². The molecular weight excluding hydrogens is 262 g/mol. The Kier molecular flexibility index (Phi) is 2.96. The molecule has 1 atom stereocenters. The fraction of sp³-hybridized carbons (Fsp3) is 0.154. The summed E-state index contributed by atoms with van der Waals surface area (Å²) in [5.74, 6) is 1.18. The first-order valence-electron chi connectivity index (χ1n) is 5.94. The third-order valence-electron chi connectivity index (χ3n) is 2.98. The number of aromatic nitrogens is 1. The Labute approximate surface area is 114 Å². The van der Waals surface area contributed by atoms with Gasteiger partial charge >= 0.3 is 0 Å². The minimum atomic E-state index is -0.551. The van der Waals surface area contributed by atoms with Crippen molar-refractivity contribution in [3.05, 3.63) is 57.8 Å². The monoisotopic (exact) mass is 273 g/mol. The van der Waals surface area contributed by atoms with E-state index in [-0.39, 0.29) is 12.3 Å². The van der Waals surface area contributed by atoms with Gasteiger partial charge in [0.1, 0.15) is 0 Å². The normalized spacial score (nSPS) is 16.1. The summed E-state index contributed by atoms with van der Waals surface area (Å²) in [6.07, 6.45) is 1.08. The highest BCUT2D eigenvalue weighted by molar-refractivity contribution is 5.55. The number of nitrogens with zero attached hydrogens (tertiary/aromatic N) is 2. The smallest absolute Gasteiger partial charge is 0.270 e. The van der Waals surface area contributed by atoms with Crippen LogP contribution in [0.3, 0.4) is 0 Å². The Morgan fingerprint density at radius 2 is 2.30 bits per heavy atom. The molecular formula is C13H11N3O4. The molecule has 0 saturated carbocycles. The molecule has 1 aliphatic heterocycles. The second-order valence-electron chi connectivity index (χ2n) is 4.34.